The van der Waals surface area contributed by atoms with Crippen LogP contribution in [0.1, 0.15) is 36.5 Å². The normalized spacial score (nSPS) is 17.0. The van der Waals surface area contributed by atoms with E-state index in [1.165, 1.54) is 0 Å². The Bertz CT molecular complexity index is 458. The Morgan fingerprint density at radius 1 is 1.67 bits per heavy atom. The molecule has 98 valence electrons. The summed E-state index contributed by atoms with van der Waals surface area (Å²) in [7, 11) is 0. The predicted molar refractivity (Wildman–Crippen MR) is 69.2 cm³/mol. The van der Waals surface area contributed by atoms with Gasteiger partial charge in [0, 0.05) is 18.3 Å². The number of amides is 2. The summed E-state index contributed by atoms with van der Waals surface area (Å²) in [6.45, 7) is 4.69. The van der Waals surface area contributed by atoms with E-state index in [9.17, 15) is 9.59 Å². The molecule has 1 saturated heterocycles. The van der Waals surface area contributed by atoms with Crippen molar-refractivity contribution >= 4 is 23.2 Å². The maximum atomic E-state index is 11.8. The molecule has 0 radical (unpaired) electrons. The van der Waals surface area contributed by atoms with Crippen molar-refractivity contribution in [1.82, 2.24) is 15.2 Å². The standard InChI is InChI=1S/C12H17N3O2S/c1-8(10-7-18-9(2)14-10)13-11(16)6-15-5-3-4-12(15)17/h7-8H,3-6H2,1-2H3,(H,13,16). The molecule has 1 aromatic rings. The number of thiazole rings is 1. The van der Waals surface area contributed by atoms with Crippen molar-refractivity contribution in [3.8, 4) is 0 Å². The van der Waals surface area contributed by atoms with Gasteiger partial charge in [0.2, 0.25) is 11.8 Å². The van der Waals surface area contributed by atoms with E-state index in [0.717, 1.165) is 17.1 Å². The lowest BCUT2D eigenvalue weighted by atomic mass is 10.2. The van der Waals surface area contributed by atoms with Gasteiger partial charge < -0.3 is 10.2 Å². The summed E-state index contributed by atoms with van der Waals surface area (Å²) in [5.41, 5.74) is 0.874. The van der Waals surface area contributed by atoms with Crippen LogP contribution in [0.15, 0.2) is 5.38 Å². The topological polar surface area (TPSA) is 62.3 Å². The fraction of sp³-hybridized carbons (Fsp3) is 0.583. The molecule has 1 unspecified atom stereocenters. The fourth-order valence-corrected chi connectivity index (χ4v) is 2.69. The minimum absolute atomic E-state index is 0.0716. The van der Waals surface area contributed by atoms with Crippen LogP contribution in [-0.4, -0.2) is 34.8 Å². The molecule has 2 rings (SSSR count). The number of likely N-dealkylation sites (tertiary alicyclic amines) is 1. The third-order valence-corrected chi connectivity index (χ3v) is 3.76. The Kier molecular flexibility index (Phi) is 3.96. The van der Waals surface area contributed by atoms with Gasteiger partial charge in [-0.25, -0.2) is 4.98 Å². The Hall–Kier alpha value is -1.43. The van der Waals surface area contributed by atoms with Gasteiger partial charge >= 0.3 is 0 Å². The lowest BCUT2D eigenvalue weighted by Crippen LogP contribution is -2.38. The third-order valence-electron chi connectivity index (χ3n) is 2.96. The Labute approximate surface area is 110 Å². The number of aryl methyl sites for hydroxylation is 1. The number of nitrogens with one attached hydrogen (secondary N) is 1. The molecule has 1 atom stereocenters. The smallest absolute Gasteiger partial charge is 0.240 e. The highest BCUT2D eigenvalue weighted by atomic mass is 32.1. The maximum Gasteiger partial charge on any atom is 0.240 e. The van der Waals surface area contributed by atoms with Crippen molar-refractivity contribution in [2.75, 3.05) is 13.1 Å². The second-order valence-corrected chi connectivity index (χ2v) is 5.56. The molecule has 1 aliphatic rings. The summed E-state index contributed by atoms with van der Waals surface area (Å²) in [4.78, 5) is 29.1. The zero-order valence-electron chi connectivity index (χ0n) is 10.6. The van der Waals surface area contributed by atoms with Crippen molar-refractivity contribution in [1.29, 1.82) is 0 Å². The molecule has 1 N–H and O–H groups in total. The SMILES string of the molecule is Cc1nc(C(C)NC(=O)CN2CCCC2=O)cs1. The average Bonchev–Trinajstić information content (AvgIpc) is 2.89. The van der Waals surface area contributed by atoms with E-state index in [4.69, 9.17) is 0 Å². The van der Waals surface area contributed by atoms with E-state index in [1.54, 1.807) is 16.2 Å². The molecule has 1 fully saturated rings. The highest BCUT2D eigenvalue weighted by Gasteiger charge is 2.23. The second kappa shape index (κ2) is 5.48. The summed E-state index contributed by atoms with van der Waals surface area (Å²) in [5, 5.41) is 5.80. The lowest BCUT2D eigenvalue weighted by Gasteiger charge is -2.17. The van der Waals surface area contributed by atoms with Gasteiger partial charge in [0.05, 0.1) is 23.3 Å². The molecule has 1 aliphatic heterocycles. The number of carbonyl (C=O) groups excluding carboxylic acids is 2. The Balaban J connectivity index is 1.85. The summed E-state index contributed by atoms with van der Waals surface area (Å²) in [6, 6.07) is -0.111. The maximum absolute atomic E-state index is 11.8. The number of rotatable bonds is 4. The van der Waals surface area contributed by atoms with Crippen LogP contribution in [0, 0.1) is 6.92 Å². The van der Waals surface area contributed by atoms with Crippen LogP contribution in [0.2, 0.25) is 0 Å². The molecule has 1 aromatic heterocycles. The molecule has 0 aliphatic carbocycles. The molecule has 0 spiro atoms. The first-order valence-corrected chi connectivity index (χ1v) is 6.93. The molecule has 0 aromatic carbocycles. The van der Waals surface area contributed by atoms with Crippen molar-refractivity contribution in [2.24, 2.45) is 0 Å². The molecule has 0 saturated carbocycles. The highest BCUT2D eigenvalue weighted by Crippen LogP contribution is 2.16. The number of aromatic nitrogens is 1. The van der Waals surface area contributed by atoms with Crippen LogP contribution >= 0.6 is 11.3 Å². The first-order chi connectivity index (χ1) is 8.56. The summed E-state index contributed by atoms with van der Waals surface area (Å²) in [6.07, 6.45) is 1.42. The molecular weight excluding hydrogens is 250 g/mol. The Morgan fingerprint density at radius 3 is 3.00 bits per heavy atom. The quantitative estimate of drug-likeness (QED) is 0.893. The molecule has 2 heterocycles. The molecular formula is C12H17N3O2S. The second-order valence-electron chi connectivity index (χ2n) is 4.50. The minimum atomic E-state index is -0.122. The van der Waals surface area contributed by atoms with Crippen molar-refractivity contribution in [3.63, 3.8) is 0 Å². The number of hydrogen-bond donors (Lipinski definition) is 1. The van der Waals surface area contributed by atoms with Crippen molar-refractivity contribution in [2.45, 2.75) is 32.7 Å². The summed E-state index contributed by atoms with van der Waals surface area (Å²) >= 11 is 1.57. The van der Waals surface area contributed by atoms with Gasteiger partial charge in [-0.15, -0.1) is 11.3 Å². The molecule has 6 heteroatoms. The van der Waals surface area contributed by atoms with Gasteiger partial charge in [0.15, 0.2) is 0 Å². The van der Waals surface area contributed by atoms with E-state index in [0.29, 0.717) is 13.0 Å². The van der Waals surface area contributed by atoms with E-state index in [1.807, 2.05) is 19.2 Å². The van der Waals surface area contributed by atoms with E-state index < -0.39 is 0 Å². The van der Waals surface area contributed by atoms with Gasteiger partial charge in [-0.05, 0) is 20.3 Å². The third kappa shape index (κ3) is 3.07. The first kappa shape index (κ1) is 13.0. The number of hydrogen-bond acceptors (Lipinski definition) is 4. The van der Waals surface area contributed by atoms with Gasteiger partial charge in [-0.3, -0.25) is 9.59 Å². The largest absolute Gasteiger partial charge is 0.346 e. The predicted octanol–water partition coefficient (Wildman–Crippen LogP) is 1.25. The van der Waals surface area contributed by atoms with E-state index in [2.05, 4.69) is 10.3 Å². The van der Waals surface area contributed by atoms with Crippen LogP contribution < -0.4 is 5.32 Å². The van der Waals surface area contributed by atoms with Crippen LogP contribution in [0.5, 0.6) is 0 Å². The molecule has 2 amide bonds. The molecule has 5 nitrogen and oxygen atoms in total. The van der Waals surface area contributed by atoms with Crippen molar-refractivity contribution in [3.05, 3.63) is 16.1 Å². The number of nitrogens with zero attached hydrogens (tertiary/aromatic N) is 2. The van der Waals surface area contributed by atoms with E-state index >= 15 is 0 Å². The lowest BCUT2D eigenvalue weighted by molar-refractivity contribution is -0.133. The zero-order chi connectivity index (χ0) is 13.1. The van der Waals surface area contributed by atoms with Gasteiger partial charge in [0.1, 0.15) is 0 Å². The minimum Gasteiger partial charge on any atom is -0.346 e. The van der Waals surface area contributed by atoms with Gasteiger partial charge in [-0.2, -0.15) is 0 Å². The number of carbonyl (C=O) groups is 2. The summed E-state index contributed by atoms with van der Waals surface area (Å²) < 4.78 is 0. The van der Waals surface area contributed by atoms with Crippen LogP contribution in [-0.2, 0) is 9.59 Å². The summed E-state index contributed by atoms with van der Waals surface area (Å²) in [5.74, 6) is -0.0503. The molecule has 18 heavy (non-hydrogen) atoms. The van der Waals surface area contributed by atoms with Gasteiger partial charge in [0.25, 0.3) is 0 Å². The van der Waals surface area contributed by atoms with Gasteiger partial charge in [-0.1, -0.05) is 0 Å². The monoisotopic (exact) mass is 267 g/mol. The average molecular weight is 267 g/mol. The fourth-order valence-electron chi connectivity index (χ4n) is 1.98. The highest BCUT2D eigenvalue weighted by molar-refractivity contribution is 7.09. The zero-order valence-corrected chi connectivity index (χ0v) is 11.4. The molecule has 0 bridgehead atoms. The van der Waals surface area contributed by atoms with Crippen molar-refractivity contribution < 1.29 is 9.59 Å². The van der Waals surface area contributed by atoms with Crippen LogP contribution in [0.3, 0.4) is 0 Å². The van der Waals surface area contributed by atoms with E-state index in [-0.39, 0.29) is 24.4 Å². The van der Waals surface area contributed by atoms with Crippen LogP contribution in [0.25, 0.3) is 0 Å². The first-order valence-electron chi connectivity index (χ1n) is 6.05. The Morgan fingerprint density at radius 2 is 2.44 bits per heavy atom. The van der Waals surface area contributed by atoms with Crippen LogP contribution in [0.4, 0.5) is 0 Å².